The minimum absolute atomic E-state index is 0.0271. The number of aromatic hydroxyl groups is 1. The van der Waals surface area contributed by atoms with Gasteiger partial charge in [0.2, 0.25) is 11.9 Å². The van der Waals surface area contributed by atoms with Crippen LogP contribution in [0.15, 0.2) is 116 Å². The van der Waals surface area contributed by atoms with E-state index in [9.17, 15) is 18.1 Å². The van der Waals surface area contributed by atoms with E-state index in [0.717, 1.165) is 22.9 Å². The number of rotatable bonds is 9. The first kappa shape index (κ1) is 32.6. The highest BCUT2D eigenvalue weighted by atomic mass is 32.2. The summed E-state index contributed by atoms with van der Waals surface area (Å²) in [5, 5.41) is 34.5. The lowest BCUT2D eigenvalue weighted by molar-refractivity contribution is 0.472. The number of benzene rings is 5. The largest absolute Gasteiger partial charge is 0.505 e. The summed E-state index contributed by atoms with van der Waals surface area (Å²) in [5.74, 6) is 0.481. The van der Waals surface area contributed by atoms with Gasteiger partial charge in [-0.1, -0.05) is 47.5 Å². The molecule has 49 heavy (non-hydrogen) atoms. The molecule has 0 bridgehead atoms. The summed E-state index contributed by atoms with van der Waals surface area (Å²) in [6.07, 6.45) is 0. The molecule has 0 saturated carbocycles. The van der Waals surface area contributed by atoms with Crippen LogP contribution in [0.5, 0.6) is 5.75 Å². The molecule has 15 heteroatoms. The Bertz CT molecular complexity index is 2360. The minimum Gasteiger partial charge on any atom is -0.505 e. The standard InChI is InChI=1S/C34H30N10O4S/c1-19-7-12-23(13-8-19)38-33-36-21(3)37-34(40-33)39-25-5-4-6-26(18-25)42-44-31-28(49(46,47)48)17-22-11-16-27(30(35)29(22)32(31)45)43-41-24-14-9-20(2)10-15-24/h4-18,45H,35H2,1-3H3,(H,46,47,48)(H2,36,37,38,39,40). The fourth-order valence-corrected chi connectivity index (χ4v) is 5.46. The zero-order chi connectivity index (χ0) is 34.7. The Hall–Kier alpha value is -6.32. The SMILES string of the molecule is Cc1ccc(N=Nc2ccc3cc(S(=O)(=O)O)c(N=Nc4cccc(Nc5nc(C)nc(Nc6ccc(C)cc6)n5)c4)c(O)c3c2N)cc1. The predicted molar refractivity (Wildman–Crippen MR) is 188 cm³/mol. The molecule has 6 rings (SSSR count). The van der Waals surface area contributed by atoms with Gasteiger partial charge in [-0.05, 0) is 80.8 Å². The quantitative estimate of drug-likeness (QED) is 0.0558. The number of anilines is 5. The molecular formula is C34H30N10O4S. The Kier molecular flexibility index (Phi) is 8.94. The highest BCUT2D eigenvalue weighted by Crippen LogP contribution is 2.46. The van der Waals surface area contributed by atoms with Crippen molar-refractivity contribution in [2.24, 2.45) is 20.5 Å². The van der Waals surface area contributed by atoms with Crippen molar-refractivity contribution in [1.29, 1.82) is 0 Å². The number of hydrogen-bond acceptors (Lipinski definition) is 13. The first-order chi connectivity index (χ1) is 23.4. The van der Waals surface area contributed by atoms with Gasteiger partial charge in [-0.2, -0.15) is 33.6 Å². The third kappa shape index (κ3) is 7.64. The second kappa shape index (κ2) is 13.4. The number of azo groups is 2. The van der Waals surface area contributed by atoms with E-state index in [0.29, 0.717) is 23.1 Å². The third-order valence-corrected chi connectivity index (χ3v) is 8.11. The molecule has 0 radical (unpaired) electrons. The summed E-state index contributed by atoms with van der Waals surface area (Å²) in [4.78, 5) is 12.5. The Balaban J connectivity index is 1.31. The minimum atomic E-state index is -4.84. The van der Waals surface area contributed by atoms with Crippen molar-refractivity contribution in [2.45, 2.75) is 25.7 Å². The lowest BCUT2D eigenvalue weighted by Crippen LogP contribution is -2.05. The van der Waals surface area contributed by atoms with Crippen LogP contribution in [0, 0.1) is 20.8 Å². The zero-order valence-corrected chi connectivity index (χ0v) is 27.3. The zero-order valence-electron chi connectivity index (χ0n) is 26.5. The lowest BCUT2D eigenvalue weighted by atomic mass is 10.1. The smallest absolute Gasteiger partial charge is 0.296 e. The molecular weight excluding hydrogens is 645 g/mol. The van der Waals surface area contributed by atoms with E-state index in [4.69, 9.17) is 5.73 Å². The first-order valence-electron chi connectivity index (χ1n) is 14.8. The molecule has 6 aromatic rings. The van der Waals surface area contributed by atoms with Gasteiger partial charge in [-0.15, -0.1) is 10.2 Å². The number of nitrogens with one attached hydrogen (secondary N) is 2. The predicted octanol–water partition coefficient (Wildman–Crippen LogP) is 8.80. The summed E-state index contributed by atoms with van der Waals surface area (Å²) < 4.78 is 34.8. The van der Waals surface area contributed by atoms with E-state index in [-0.39, 0.29) is 33.8 Å². The number of aromatic nitrogens is 3. The van der Waals surface area contributed by atoms with E-state index in [2.05, 4.69) is 46.0 Å². The summed E-state index contributed by atoms with van der Waals surface area (Å²) in [7, 11) is -4.84. The molecule has 14 nitrogen and oxygen atoms in total. The molecule has 1 aromatic heterocycles. The highest BCUT2D eigenvalue weighted by Gasteiger charge is 2.24. The molecule has 0 atom stereocenters. The number of fused-ring (bicyclic) bond motifs is 1. The molecule has 0 aliphatic carbocycles. The molecule has 0 fully saturated rings. The van der Waals surface area contributed by atoms with Crippen LogP contribution in [0.3, 0.4) is 0 Å². The maximum absolute atomic E-state index is 12.4. The van der Waals surface area contributed by atoms with Crippen LogP contribution in [0.25, 0.3) is 10.8 Å². The van der Waals surface area contributed by atoms with Gasteiger partial charge in [0.25, 0.3) is 10.1 Å². The second-order valence-corrected chi connectivity index (χ2v) is 12.5. The molecule has 0 spiro atoms. The van der Waals surface area contributed by atoms with Crippen molar-refractivity contribution in [3.8, 4) is 5.75 Å². The van der Waals surface area contributed by atoms with Crippen molar-refractivity contribution in [3.63, 3.8) is 0 Å². The molecule has 1 heterocycles. The van der Waals surface area contributed by atoms with Crippen molar-refractivity contribution in [1.82, 2.24) is 15.0 Å². The molecule has 0 aliphatic rings. The molecule has 5 aromatic carbocycles. The van der Waals surface area contributed by atoms with Gasteiger partial charge in [-0.3, -0.25) is 4.55 Å². The maximum atomic E-state index is 12.4. The monoisotopic (exact) mass is 674 g/mol. The number of nitrogens with zero attached hydrogens (tertiary/aromatic N) is 7. The Morgan fingerprint density at radius 3 is 2.00 bits per heavy atom. The van der Waals surface area contributed by atoms with Gasteiger partial charge >= 0.3 is 0 Å². The van der Waals surface area contributed by atoms with Gasteiger partial charge in [0.1, 0.15) is 22.1 Å². The number of phenols is 1. The lowest BCUT2D eigenvalue weighted by Gasteiger charge is -2.12. The normalized spacial score (nSPS) is 11.8. The number of nitrogen functional groups attached to an aromatic ring is 1. The van der Waals surface area contributed by atoms with E-state index in [1.165, 1.54) is 12.1 Å². The molecule has 6 N–H and O–H groups in total. The topological polar surface area (TPSA) is 213 Å². The molecule has 0 unspecified atom stereocenters. The van der Waals surface area contributed by atoms with Gasteiger partial charge in [-0.25, -0.2) is 0 Å². The number of nitrogens with two attached hydrogens (primary N) is 1. The van der Waals surface area contributed by atoms with E-state index < -0.39 is 26.5 Å². The van der Waals surface area contributed by atoms with Gasteiger partial charge < -0.3 is 21.5 Å². The van der Waals surface area contributed by atoms with Crippen molar-refractivity contribution < 1.29 is 18.1 Å². The summed E-state index contributed by atoms with van der Waals surface area (Å²) in [5.41, 5.74) is 10.5. The number of hydrogen-bond donors (Lipinski definition) is 5. The fraction of sp³-hybridized carbons (Fsp3) is 0.0882. The highest BCUT2D eigenvalue weighted by molar-refractivity contribution is 7.86. The Morgan fingerprint density at radius 1 is 0.694 bits per heavy atom. The van der Waals surface area contributed by atoms with Gasteiger partial charge in [0.05, 0.1) is 22.4 Å². The summed E-state index contributed by atoms with van der Waals surface area (Å²) >= 11 is 0. The van der Waals surface area contributed by atoms with E-state index in [1.807, 2.05) is 50.2 Å². The molecule has 0 amide bonds. The van der Waals surface area contributed by atoms with Crippen LogP contribution >= 0.6 is 0 Å². The first-order valence-corrected chi connectivity index (χ1v) is 16.3. The van der Waals surface area contributed by atoms with Crippen molar-refractivity contribution >= 4 is 72.6 Å². The van der Waals surface area contributed by atoms with E-state index >= 15 is 0 Å². The Morgan fingerprint density at radius 2 is 1.33 bits per heavy atom. The van der Waals surface area contributed by atoms with Crippen LogP contribution in [-0.2, 0) is 10.1 Å². The average Bonchev–Trinajstić information content (AvgIpc) is 3.05. The molecule has 0 aliphatic heterocycles. The number of aryl methyl sites for hydroxylation is 3. The van der Waals surface area contributed by atoms with Gasteiger partial charge in [0.15, 0.2) is 5.75 Å². The van der Waals surface area contributed by atoms with Crippen LogP contribution < -0.4 is 16.4 Å². The second-order valence-electron chi connectivity index (χ2n) is 11.1. The molecule has 246 valence electrons. The van der Waals surface area contributed by atoms with E-state index in [1.54, 1.807) is 43.3 Å². The average molecular weight is 675 g/mol. The molecule has 0 saturated heterocycles. The van der Waals surface area contributed by atoms with Crippen LogP contribution in [0.2, 0.25) is 0 Å². The van der Waals surface area contributed by atoms with Crippen LogP contribution in [0.4, 0.5) is 51.7 Å². The third-order valence-electron chi connectivity index (χ3n) is 7.24. The van der Waals surface area contributed by atoms with Crippen LogP contribution in [-0.4, -0.2) is 33.0 Å². The number of phenolic OH excluding ortho intramolecular Hbond substituents is 1. The fourth-order valence-electron chi connectivity index (χ4n) is 4.80. The van der Waals surface area contributed by atoms with Gasteiger partial charge in [0, 0.05) is 11.4 Å². The maximum Gasteiger partial charge on any atom is 0.296 e. The van der Waals surface area contributed by atoms with Crippen molar-refractivity contribution in [3.05, 3.63) is 108 Å². The summed E-state index contributed by atoms with van der Waals surface area (Å²) in [6.45, 7) is 5.69. The van der Waals surface area contributed by atoms with Crippen molar-refractivity contribution in [2.75, 3.05) is 16.4 Å². The Labute approximate surface area is 281 Å². The van der Waals surface area contributed by atoms with Crippen LogP contribution in [0.1, 0.15) is 17.0 Å². The summed E-state index contributed by atoms with van der Waals surface area (Å²) in [6, 6.07) is 26.0.